The number of rotatable bonds is 7. The number of pyridine rings is 1. The van der Waals surface area contributed by atoms with Crippen molar-refractivity contribution >= 4 is 14.3 Å². The quantitative estimate of drug-likeness (QED) is 0.401. The Labute approximate surface area is 147 Å². The molecule has 1 heterocycles. The Hall–Kier alpha value is -1.46. The van der Waals surface area contributed by atoms with Gasteiger partial charge in [-0.3, -0.25) is 0 Å². The number of esters is 1. The highest BCUT2D eigenvalue weighted by atomic mass is 28.4. The van der Waals surface area contributed by atoms with E-state index in [1.54, 1.807) is 24.4 Å². The smallest absolute Gasteiger partial charge is 0.357 e. The van der Waals surface area contributed by atoms with Crippen molar-refractivity contribution in [1.82, 2.24) is 4.98 Å². The second-order valence-corrected chi connectivity index (χ2v) is 12.7. The average Bonchev–Trinajstić information content (AvgIpc) is 2.49. The zero-order chi connectivity index (χ0) is 18.4. The van der Waals surface area contributed by atoms with Crippen LogP contribution in [-0.4, -0.2) is 32.0 Å². The second kappa shape index (κ2) is 8.58. The van der Waals surface area contributed by atoms with E-state index >= 15 is 0 Å². The van der Waals surface area contributed by atoms with Gasteiger partial charge >= 0.3 is 5.97 Å². The first-order chi connectivity index (χ1) is 11.0. The molecule has 24 heavy (non-hydrogen) atoms. The minimum atomic E-state index is -1.90. The molecule has 0 saturated carbocycles. The van der Waals surface area contributed by atoms with Gasteiger partial charge in [0.25, 0.3) is 0 Å². The Kier molecular flexibility index (Phi) is 7.36. The first kappa shape index (κ1) is 20.6. The van der Waals surface area contributed by atoms with E-state index in [0.717, 1.165) is 0 Å². The lowest BCUT2D eigenvalue weighted by Crippen LogP contribution is -2.43. The normalized spacial score (nSPS) is 14.2. The topological polar surface area (TPSA) is 48.4 Å². The molecule has 0 amide bonds. The second-order valence-electron chi connectivity index (χ2n) is 7.86. The summed E-state index contributed by atoms with van der Waals surface area (Å²) in [5, 5.41) is 0.115. The highest BCUT2D eigenvalue weighted by Gasteiger charge is 2.37. The fraction of sp³-hybridized carbons (Fsp3) is 0.579. The summed E-state index contributed by atoms with van der Waals surface area (Å²) in [5.74, 6) is -0.0400. The lowest BCUT2D eigenvalue weighted by molar-refractivity contribution is 0.0277. The molecule has 134 valence electrons. The maximum absolute atomic E-state index is 12.3. The molecule has 1 rings (SSSR count). The number of hydrogen-bond acceptors (Lipinski definition) is 4. The van der Waals surface area contributed by atoms with E-state index in [0.29, 0.717) is 18.2 Å². The van der Waals surface area contributed by atoms with Crippen molar-refractivity contribution in [2.75, 3.05) is 6.61 Å². The van der Waals surface area contributed by atoms with Crippen LogP contribution in [0.25, 0.3) is 0 Å². The summed E-state index contributed by atoms with van der Waals surface area (Å²) in [7, 11) is -1.90. The van der Waals surface area contributed by atoms with Crippen molar-refractivity contribution in [2.24, 2.45) is 5.92 Å². The SMILES string of the molecule is CC(C)/C=C\[C@H](CO[Si](C)(C)C(C)(C)C)OC(=O)c1ccccn1. The Morgan fingerprint density at radius 3 is 2.42 bits per heavy atom. The van der Waals surface area contributed by atoms with Gasteiger partial charge in [-0.25, -0.2) is 9.78 Å². The van der Waals surface area contributed by atoms with Crippen molar-refractivity contribution in [3.05, 3.63) is 42.2 Å². The summed E-state index contributed by atoms with van der Waals surface area (Å²) in [6.45, 7) is 15.5. The van der Waals surface area contributed by atoms with Gasteiger partial charge in [0.15, 0.2) is 8.32 Å². The fourth-order valence-electron chi connectivity index (χ4n) is 1.66. The molecule has 0 aliphatic carbocycles. The minimum Gasteiger partial charge on any atom is -0.451 e. The van der Waals surface area contributed by atoms with Gasteiger partial charge in [0.2, 0.25) is 0 Å². The highest BCUT2D eigenvalue weighted by Crippen LogP contribution is 2.36. The Morgan fingerprint density at radius 1 is 1.25 bits per heavy atom. The van der Waals surface area contributed by atoms with E-state index in [4.69, 9.17) is 9.16 Å². The molecule has 0 saturated heterocycles. The van der Waals surface area contributed by atoms with Gasteiger partial charge in [-0.2, -0.15) is 0 Å². The van der Waals surface area contributed by atoms with Crippen molar-refractivity contribution in [2.45, 2.75) is 58.9 Å². The molecule has 1 aromatic heterocycles. The molecule has 0 spiro atoms. The predicted molar refractivity (Wildman–Crippen MR) is 101 cm³/mol. The number of aromatic nitrogens is 1. The van der Waals surface area contributed by atoms with E-state index in [9.17, 15) is 4.79 Å². The number of allylic oxidation sites excluding steroid dienone is 1. The van der Waals surface area contributed by atoms with E-state index in [2.05, 4.69) is 52.7 Å². The highest BCUT2D eigenvalue weighted by molar-refractivity contribution is 6.74. The molecule has 0 aliphatic rings. The van der Waals surface area contributed by atoms with Crippen LogP contribution in [0.15, 0.2) is 36.5 Å². The standard InChI is InChI=1S/C19H31NO3Si/c1-15(2)11-12-16(14-22-24(6,7)19(3,4)5)23-18(21)17-10-8-9-13-20-17/h8-13,15-16H,14H2,1-7H3/b12-11-/t16-/m1/s1. The van der Waals surface area contributed by atoms with Gasteiger partial charge in [-0.15, -0.1) is 0 Å². The minimum absolute atomic E-state index is 0.115. The van der Waals surface area contributed by atoms with Gasteiger partial charge in [0.1, 0.15) is 11.8 Å². The maximum Gasteiger partial charge on any atom is 0.357 e. The Morgan fingerprint density at radius 2 is 1.92 bits per heavy atom. The molecule has 0 aliphatic heterocycles. The molecule has 0 radical (unpaired) electrons. The first-order valence-corrected chi connectivity index (χ1v) is 11.4. The first-order valence-electron chi connectivity index (χ1n) is 8.47. The monoisotopic (exact) mass is 349 g/mol. The third-order valence-corrected chi connectivity index (χ3v) is 8.76. The van der Waals surface area contributed by atoms with Crippen molar-refractivity contribution < 1.29 is 14.0 Å². The largest absolute Gasteiger partial charge is 0.451 e. The zero-order valence-corrected chi connectivity index (χ0v) is 17.0. The number of hydrogen-bond donors (Lipinski definition) is 0. The number of ether oxygens (including phenoxy) is 1. The van der Waals surface area contributed by atoms with Crippen LogP contribution in [0.5, 0.6) is 0 Å². The van der Waals surface area contributed by atoms with Crippen LogP contribution in [0.2, 0.25) is 18.1 Å². The third-order valence-electron chi connectivity index (χ3n) is 4.26. The van der Waals surface area contributed by atoms with Gasteiger partial charge in [-0.1, -0.05) is 46.8 Å². The van der Waals surface area contributed by atoms with Gasteiger partial charge in [0, 0.05) is 6.20 Å². The van der Waals surface area contributed by atoms with Crippen molar-refractivity contribution in [3.8, 4) is 0 Å². The van der Waals surface area contributed by atoms with E-state index in [1.807, 2.05) is 12.2 Å². The molecule has 0 aromatic carbocycles. The van der Waals surface area contributed by atoms with Crippen LogP contribution in [0.4, 0.5) is 0 Å². The van der Waals surface area contributed by atoms with E-state index in [1.165, 1.54) is 0 Å². The molecular weight excluding hydrogens is 318 g/mol. The number of nitrogens with zero attached hydrogens (tertiary/aromatic N) is 1. The molecule has 5 heteroatoms. The molecule has 4 nitrogen and oxygen atoms in total. The van der Waals surface area contributed by atoms with Crippen molar-refractivity contribution in [1.29, 1.82) is 0 Å². The zero-order valence-electron chi connectivity index (χ0n) is 16.0. The summed E-state index contributed by atoms with van der Waals surface area (Å²) in [5.41, 5.74) is 0.313. The molecule has 0 fully saturated rings. The maximum atomic E-state index is 12.3. The van der Waals surface area contributed by atoms with Crippen LogP contribution in [0.1, 0.15) is 45.1 Å². The lowest BCUT2D eigenvalue weighted by Gasteiger charge is -2.36. The lowest BCUT2D eigenvalue weighted by atomic mass is 10.2. The predicted octanol–water partition coefficient (Wildman–Crippen LogP) is 4.84. The summed E-state index contributed by atoms with van der Waals surface area (Å²) in [6.07, 6.45) is 5.13. The summed E-state index contributed by atoms with van der Waals surface area (Å²) >= 11 is 0. The fourth-order valence-corrected chi connectivity index (χ4v) is 2.68. The molecule has 0 bridgehead atoms. The Bertz CT molecular complexity index is 547. The molecule has 0 unspecified atom stereocenters. The van der Waals surface area contributed by atoms with Crippen LogP contribution in [-0.2, 0) is 9.16 Å². The number of carbonyl (C=O) groups is 1. The Balaban J connectivity index is 2.80. The molecule has 1 atom stereocenters. The average molecular weight is 350 g/mol. The van der Waals surface area contributed by atoms with Crippen LogP contribution in [0.3, 0.4) is 0 Å². The third kappa shape index (κ3) is 6.57. The van der Waals surface area contributed by atoms with Crippen LogP contribution in [0, 0.1) is 5.92 Å². The molecule has 0 N–H and O–H groups in total. The summed E-state index contributed by atoms with van der Waals surface area (Å²) in [4.78, 5) is 16.3. The van der Waals surface area contributed by atoms with Crippen LogP contribution < -0.4 is 0 Å². The van der Waals surface area contributed by atoms with Crippen LogP contribution >= 0.6 is 0 Å². The summed E-state index contributed by atoms with van der Waals surface area (Å²) in [6, 6.07) is 5.20. The van der Waals surface area contributed by atoms with E-state index < -0.39 is 20.4 Å². The van der Waals surface area contributed by atoms with Gasteiger partial charge in [0.05, 0.1) is 6.61 Å². The molecular formula is C19H31NO3Si. The van der Waals surface area contributed by atoms with Gasteiger partial charge < -0.3 is 9.16 Å². The summed E-state index contributed by atoms with van der Waals surface area (Å²) < 4.78 is 11.8. The number of carbonyl (C=O) groups excluding carboxylic acids is 1. The molecule has 1 aromatic rings. The van der Waals surface area contributed by atoms with Gasteiger partial charge in [-0.05, 0) is 42.3 Å². The van der Waals surface area contributed by atoms with E-state index in [-0.39, 0.29) is 5.04 Å². The van der Waals surface area contributed by atoms with Crippen molar-refractivity contribution in [3.63, 3.8) is 0 Å².